The van der Waals surface area contributed by atoms with E-state index < -0.39 is 0 Å². The van der Waals surface area contributed by atoms with Crippen LogP contribution in [0.25, 0.3) is 0 Å². The van der Waals surface area contributed by atoms with Crippen LogP contribution in [0, 0.1) is 5.92 Å². The molecular weight excluding hydrogens is 190 g/mol. The zero-order valence-corrected chi connectivity index (χ0v) is 9.28. The van der Waals surface area contributed by atoms with Crippen molar-refractivity contribution >= 4 is 0 Å². The topological polar surface area (TPSA) is 55.3 Å². The highest BCUT2D eigenvalue weighted by atomic mass is 16.5. The summed E-state index contributed by atoms with van der Waals surface area (Å²) in [6.07, 6.45) is 3.53. The molecule has 4 nitrogen and oxygen atoms in total. The van der Waals surface area contributed by atoms with Crippen LogP contribution in [0.15, 0.2) is 10.6 Å². The first-order chi connectivity index (χ1) is 7.28. The normalized spacial score (nSPS) is 19.6. The Morgan fingerprint density at radius 3 is 2.87 bits per heavy atom. The molecule has 1 saturated heterocycles. The van der Waals surface area contributed by atoms with Crippen LogP contribution < -0.4 is 5.73 Å². The highest BCUT2D eigenvalue weighted by Gasteiger charge is 2.18. The van der Waals surface area contributed by atoms with E-state index in [4.69, 9.17) is 10.3 Å². The standard InChI is InChI=1S/C11H19N3O/c1-14-4-2-9(3-5-14)6-11-7-10(8-12)13-15-11/h7,9H,2-6,8,12H2,1H3. The fourth-order valence-corrected chi connectivity index (χ4v) is 2.10. The van der Waals surface area contributed by atoms with E-state index >= 15 is 0 Å². The van der Waals surface area contributed by atoms with Crippen LogP contribution in [0.3, 0.4) is 0 Å². The summed E-state index contributed by atoms with van der Waals surface area (Å²) in [6.45, 7) is 2.86. The minimum absolute atomic E-state index is 0.469. The summed E-state index contributed by atoms with van der Waals surface area (Å²) >= 11 is 0. The molecule has 4 heteroatoms. The first-order valence-electron chi connectivity index (χ1n) is 5.61. The van der Waals surface area contributed by atoms with Crippen molar-refractivity contribution in [1.29, 1.82) is 0 Å². The molecule has 1 aromatic rings. The lowest BCUT2D eigenvalue weighted by molar-refractivity contribution is 0.210. The quantitative estimate of drug-likeness (QED) is 0.807. The lowest BCUT2D eigenvalue weighted by atomic mass is 9.93. The number of rotatable bonds is 3. The third kappa shape index (κ3) is 2.79. The van der Waals surface area contributed by atoms with Gasteiger partial charge in [0.15, 0.2) is 0 Å². The van der Waals surface area contributed by atoms with Gasteiger partial charge < -0.3 is 15.2 Å². The molecule has 1 fully saturated rings. The summed E-state index contributed by atoms with van der Waals surface area (Å²) < 4.78 is 5.24. The summed E-state index contributed by atoms with van der Waals surface area (Å²) in [4.78, 5) is 2.38. The molecule has 2 heterocycles. The molecule has 0 radical (unpaired) electrons. The molecule has 84 valence electrons. The highest BCUT2D eigenvalue weighted by molar-refractivity contribution is 5.05. The van der Waals surface area contributed by atoms with Crippen molar-refractivity contribution in [1.82, 2.24) is 10.1 Å². The maximum atomic E-state index is 5.49. The fourth-order valence-electron chi connectivity index (χ4n) is 2.10. The highest BCUT2D eigenvalue weighted by Crippen LogP contribution is 2.21. The molecule has 1 aliphatic rings. The van der Waals surface area contributed by atoms with E-state index in [-0.39, 0.29) is 0 Å². The van der Waals surface area contributed by atoms with Gasteiger partial charge in [-0.15, -0.1) is 0 Å². The molecular formula is C11H19N3O. The average Bonchev–Trinajstić information content (AvgIpc) is 2.69. The Hall–Kier alpha value is -0.870. The summed E-state index contributed by atoms with van der Waals surface area (Å²) in [6, 6.07) is 1.98. The van der Waals surface area contributed by atoms with Crippen molar-refractivity contribution in [2.24, 2.45) is 11.7 Å². The Labute approximate surface area is 90.4 Å². The molecule has 0 aliphatic carbocycles. The van der Waals surface area contributed by atoms with Crippen molar-refractivity contribution < 1.29 is 4.52 Å². The van der Waals surface area contributed by atoms with Crippen molar-refractivity contribution in [2.75, 3.05) is 20.1 Å². The number of hydrogen-bond acceptors (Lipinski definition) is 4. The van der Waals surface area contributed by atoms with E-state index in [1.54, 1.807) is 0 Å². The van der Waals surface area contributed by atoms with Crippen LogP contribution in [0.4, 0.5) is 0 Å². The van der Waals surface area contributed by atoms with Crippen LogP contribution in [-0.2, 0) is 13.0 Å². The number of likely N-dealkylation sites (tertiary alicyclic amines) is 1. The minimum atomic E-state index is 0.469. The molecule has 0 bridgehead atoms. The molecule has 2 rings (SSSR count). The second-order valence-electron chi connectivity index (χ2n) is 4.44. The van der Waals surface area contributed by atoms with Crippen molar-refractivity contribution in [3.05, 3.63) is 17.5 Å². The van der Waals surface area contributed by atoms with Crippen molar-refractivity contribution in [2.45, 2.75) is 25.8 Å². The molecule has 15 heavy (non-hydrogen) atoms. The number of nitrogens with zero attached hydrogens (tertiary/aromatic N) is 2. The Bertz CT molecular complexity index is 303. The molecule has 2 N–H and O–H groups in total. The number of aromatic nitrogens is 1. The SMILES string of the molecule is CN1CCC(Cc2cc(CN)no2)CC1. The summed E-state index contributed by atoms with van der Waals surface area (Å²) in [5, 5.41) is 3.90. The monoisotopic (exact) mass is 209 g/mol. The Kier molecular flexibility index (Phi) is 3.38. The van der Waals surface area contributed by atoms with E-state index in [0.717, 1.165) is 23.8 Å². The summed E-state index contributed by atoms with van der Waals surface area (Å²) in [5.74, 6) is 1.74. The van der Waals surface area contributed by atoms with Gasteiger partial charge in [-0.25, -0.2) is 0 Å². The van der Waals surface area contributed by atoms with Gasteiger partial charge in [0.25, 0.3) is 0 Å². The van der Waals surface area contributed by atoms with E-state index in [1.165, 1.54) is 25.9 Å². The second-order valence-corrected chi connectivity index (χ2v) is 4.44. The van der Waals surface area contributed by atoms with Gasteiger partial charge in [-0.05, 0) is 38.9 Å². The average molecular weight is 209 g/mol. The van der Waals surface area contributed by atoms with E-state index in [1.807, 2.05) is 6.07 Å². The minimum Gasteiger partial charge on any atom is -0.361 e. The fraction of sp³-hybridized carbons (Fsp3) is 0.727. The Morgan fingerprint density at radius 1 is 1.53 bits per heavy atom. The van der Waals surface area contributed by atoms with Gasteiger partial charge in [0.05, 0.1) is 5.69 Å². The molecule has 0 aromatic carbocycles. The van der Waals surface area contributed by atoms with E-state index in [9.17, 15) is 0 Å². The lowest BCUT2D eigenvalue weighted by Crippen LogP contribution is -2.30. The molecule has 1 aliphatic heterocycles. The first-order valence-corrected chi connectivity index (χ1v) is 5.61. The second kappa shape index (κ2) is 4.77. The predicted molar refractivity (Wildman–Crippen MR) is 58.3 cm³/mol. The number of nitrogens with two attached hydrogens (primary N) is 1. The van der Waals surface area contributed by atoms with Gasteiger partial charge in [0.2, 0.25) is 0 Å². The van der Waals surface area contributed by atoms with Crippen LogP contribution in [0.2, 0.25) is 0 Å². The van der Waals surface area contributed by atoms with Crippen LogP contribution in [0.1, 0.15) is 24.3 Å². The smallest absolute Gasteiger partial charge is 0.137 e. The molecule has 1 aromatic heterocycles. The maximum absolute atomic E-state index is 5.49. The third-order valence-corrected chi connectivity index (χ3v) is 3.14. The molecule has 0 amide bonds. The first kappa shape index (κ1) is 10.6. The zero-order valence-electron chi connectivity index (χ0n) is 9.28. The lowest BCUT2D eigenvalue weighted by Gasteiger charge is -2.28. The van der Waals surface area contributed by atoms with Crippen LogP contribution in [0.5, 0.6) is 0 Å². The Balaban J connectivity index is 1.86. The van der Waals surface area contributed by atoms with Crippen LogP contribution in [-0.4, -0.2) is 30.2 Å². The molecule has 0 saturated carbocycles. The number of hydrogen-bond donors (Lipinski definition) is 1. The largest absolute Gasteiger partial charge is 0.361 e. The summed E-state index contributed by atoms with van der Waals surface area (Å²) in [7, 11) is 2.18. The van der Waals surface area contributed by atoms with Gasteiger partial charge in [-0.2, -0.15) is 0 Å². The maximum Gasteiger partial charge on any atom is 0.137 e. The molecule has 0 atom stereocenters. The van der Waals surface area contributed by atoms with E-state index in [0.29, 0.717) is 6.54 Å². The van der Waals surface area contributed by atoms with Crippen molar-refractivity contribution in [3.63, 3.8) is 0 Å². The van der Waals surface area contributed by atoms with Crippen LogP contribution >= 0.6 is 0 Å². The van der Waals surface area contributed by atoms with Gasteiger partial charge in [-0.1, -0.05) is 5.16 Å². The van der Waals surface area contributed by atoms with Gasteiger partial charge in [-0.3, -0.25) is 0 Å². The van der Waals surface area contributed by atoms with Gasteiger partial charge in [0, 0.05) is 19.0 Å². The zero-order chi connectivity index (χ0) is 10.7. The molecule has 0 spiro atoms. The van der Waals surface area contributed by atoms with Gasteiger partial charge >= 0.3 is 0 Å². The summed E-state index contributed by atoms with van der Waals surface area (Å²) in [5.41, 5.74) is 6.34. The predicted octanol–water partition coefficient (Wildman–Crippen LogP) is 1.02. The van der Waals surface area contributed by atoms with Gasteiger partial charge in [0.1, 0.15) is 5.76 Å². The number of piperidine rings is 1. The third-order valence-electron chi connectivity index (χ3n) is 3.14. The molecule has 0 unspecified atom stereocenters. The van der Waals surface area contributed by atoms with E-state index in [2.05, 4.69) is 17.1 Å². The van der Waals surface area contributed by atoms with Crippen molar-refractivity contribution in [3.8, 4) is 0 Å². The Morgan fingerprint density at radius 2 is 2.27 bits per heavy atom.